The molecule has 0 aliphatic rings. The van der Waals surface area contributed by atoms with Gasteiger partial charge in [-0.15, -0.1) is 0 Å². The number of aromatic amines is 1. The third-order valence-electron chi connectivity index (χ3n) is 3.95. The maximum absolute atomic E-state index is 12.6. The quantitative estimate of drug-likeness (QED) is 0.416. The second kappa shape index (κ2) is 7.39. The van der Waals surface area contributed by atoms with Crippen molar-refractivity contribution in [3.8, 4) is 11.1 Å². The lowest BCUT2D eigenvalue weighted by atomic mass is 10.0. The van der Waals surface area contributed by atoms with Crippen LogP contribution in [-0.4, -0.2) is 21.2 Å². The van der Waals surface area contributed by atoms with Crippen molar-refractivity contribution in [2.24, 2.45) is 5.10 Å². The highest BCUT2D eigenvalue weighted by molar-refractivity contribution is 6.30. The summed E-state index contributed by atoms with van der Waals surface area (Å²) >= 11 is 5.95. The van der Waals surface area contributed by atoms with Crippen molar-refractivity contribution in [1.29, 1.82) is 0 Å². The lowest BCUT2D eigenvalue weighted by Crippen LogP contribution is -2.13. The number of halogens is 1. The summed E-state index contributed by atoms with van der Waals surface area (Å²) < 4.78 is 0. The molecule has 27 heavy (non-hydrogen) atoms. The second-order valence-corrected chi connectivity index (χ2v) is 6.20. The molecule has 0 aliphatic carbocycles. The third kappa shape index (κ3) is 3.70. The van der Waals surface area contributed by atoms with Crippen LogP contribution in [0.25, 0.3) is 22.2 Å². The van der Waals surface area contributed by atoms with E-state index in [9.17, 15) is 4.79 Å². The summed E-state index contributed by atoms with van der Waals surface area (Å²) in [5.41, 5.74) is 5.31. The van der Waals surface area contributed by atoms with Crippen LogP contribution in [0.1, 0.15) is 5.56 Å². The fourth-order valence-corrected chi connectivity index (χ4v) is 2.82. The van der Waals surface area contributed by atoms with Crippen LogP contribution in [0.2, 0.25) is 5.02 Å². The molecule has 0 atom stereocenters. The van der Waals surface area contributed by atoms with Gasteiger partial charge in [0.25, 0.3) is 5.56 Å². The lowest BCUT2D eigenvalue weighted by molar-refractivity contribution is 1.10. The van der Waals surface area contributed by atoms with E-state index in [0.29, 0.717) is 16.1 Å². The van der Waals surface area contributed by atoms with Gasteiger partial charge in [-0.2, -0.15) is 10.1 Å². The largest absolute Gasteiger partial charge is 0.291 e. The fourth-order valence-electron chi connectivity index (χ4n) is 2.69. The molecule has 0 radical (unpaired) electrons. The minimum Gasteiger partial charge on any atom is -0.291 e. The molecule has 4 aromatic rings. The number of pyridine rings is 1. The summed E-state index contributed by atoms with van der Waals surface area (Å²) in [6.07, 6.45) is 3.26. The van der Waals surface area contributed by atoms with Crippen LogP contribution in [0.15, 0.2) is 76.8 Å². The van der Waals surface area contributed by atoms with Gasteiger partial charge in [0, 0.05) is 11.2 Å². The highest BCUT2D eigenvalue weighted by Gasteiger charge is 2.11. The first-order valence-electron chi connectivity index (χ1n) is 8.20. The summed E-state index contributed by atoms with van der Waals surface area (Å²) in [5, 5.41) is 5.15. The number of hydrogen-bond acceptors (Lipinski definition) is 5. The molecule has 7 heteroatoms. The van der Waals surface area contributed by atoms with Crippen LogP contribution in [0, 0.1) is 0 Å². The van der Waals surface area contributed by atoms with E-state index >= 15 is 0 Å². The van der Waals surface area contributed by atoms with Gasteiger partial charge < -0.3 is 0 Å². The van der Waals surface area contributed by atoms with E-state index in [1.165, 1.54) is 0 Å². The zero-order chi connectivity index (χ0) is 18.6. The number of rotatable bonds is 4. The van der Waals surface area contributed by atoms with Crippen molar-refractivity contribution in [1.82, 2.24) is 15.0 Å². The zero-order valence-corrected chi connectivity index (χ0v) is 14.8. The maximum Gasteiger partial charge on any atom is 0.262 e. The molecule has 0 amide bonds. The van der Waals surface area contributed by atoms with Crippen LogP contribution in [0.5, 0.6) is 0 Å². The predicted molar refractivity (Wildman–Crippen MR) is 108 cm³/mol. The Morgan fingerprint density at radius 1 is 1.04 bits per heavy atom. The molecular weight excluding hydrogens is 362 g/mol. The van der Waals surface area contributed by atoms with Gasteiger partial charge in [0.2, 0.25) is 5.95 Å². The fraction of sp³-hybridized carbons (Fsp3) is 0. The molecule has 2 heterocycles. The summed E-state index contributed by atoms with van der Waals surface area (Å²) in [7, 11) is 0. The standard InChI is InChI=1S/C20H14ClN5O/c21-15-8-6-14(7-9-15)16-10-11-22-18-17(16)19(27)25-20(24-18)26-23-12-13-4-2-1-3-5-13/h1-12H,(H2,22,24,25,26,27)/b23-12+. The van der Waals surface area contributed by atoms with Gasteiger partial charge >= 0.3 is 0 Å². The number of benzene rings is 2. The molecule has 0 spiro atoms. The molecule has 0 fully saturated rings. The Morgan fingerprint density at radius 2 is 1.81 bits per heavy atom. The molecule has 4 rings (SSSR count). The lowest BCUT2D eigenvalue weighted by Gasteiger charge is -2.07. The number of aromatic nitrogens is 3. The Bertz CT molecular complexity index is 1170. The Balaban J connectivity index is 1.69. The van der Waals surface area contributed by atoms with Crippen LogP contribution in [-0.2, 0) is 0 Å². The van der Waals surface area contributed by atoms with Crippen molar-refractivity contribution in [2.45, 2.75) is 0 Å². The van der Waals surface area contributed by atoms with Crippen LogP contribution in [0.3, 0.4) is 0 Å². The number of fused-ring (bicyclic) bond motifs is 1. The van der Waals surface area contributed by atoms with Crippen molar-refractivity contribution < 1.29 is 0 Å². The number of nitrogens with zero attached hydrogens (tertiary/aromatic N) is 3. The van der Waals surface area contributed by atoms with Gasteiger partial charge in [0.15, 0.2) is 5.65 Å². The smallest absolute Gasteiger partial charge is 0.262 e. The van der Waals surface area contributed by atoms with Gasteiger partial charge in [-0.1, -0.05) is 54.1 Å². The molecule has 0 saturated carbocycles. The molecule has 0 bridgehead atoms. The first kappa shape index (κ1) is 16.9. The summed E-state index contributed by atoms with van der Waals surface area (Å²) in [5.74, 6) is 0.223. The van der Waals surface area contributed by atoms with Gasteiger partial charge in [-0.25, -0.2) is 10.4 Å². The first-order chi connectivity index (χ1) is 13.2. The molecule has 0 saturated heterocycles. The highest BCUT2D eigenvalue weighted by atomic mass is 35.5. The zero-order valence-electron chi connectivity index (χ0n) is 14.1. The SMILES string of the molecule is O=c1[nH]c(N/N=C/c2ccccc2)nc2nccc(-c3ccc(Cl)cc3)c12. The molecule has 0 aliphatic heterocycles. The van der Waals surface area contributed by atoms with E-state index in [2.05, 4.69) is 25.5 Å². The van der Waals surface area contributed by atoms with E-state index in [0.717, 1.165) is 16.7 Å². The summed E-state index contributed by atoms with van der Waals surface area (Å²) in [6.45, 7) is 0. The number of anilines is 1. The molecule has 0 unspecified atom stereocenters. The van der Waals surface area contributed by atoms with Crippen molar-refractivity contribution >= 4 is 34.8 Å². The molecule has 2 aromatic heterocycles. The van der Waals surface area contributed by atoms with Gasteiger partial charge in [-0.05, 0) is 34.9 Å². The summed E-state index contributed by atoms with van der Waals surface area (Å²) in [4.78, 5) is 23.9. The average Bonchev–Trinajstić information content (AvgIpc) is 2.69. The topological polar surface area (TPSA) is 83.0 Å². The Morgan fingerprint density at radius 3 is 2.59 bits per heavy atom. The van der Waals surface area contributed by atoms with Crippen LogP contribution in [0.4, 0.5) is 5.95 Å². The van der Waals surface area contributed by atoms with Crippen LogP contribution >= 0.6 is 11.6 Å². The van der Waals surface area contributed by atoms with E-state index in [4.69, 9.17) is 11.6 Å². The monoisotopic (exact) mass is 375 g/mol. The van der Waals surface area contributed by atoms with Crippen molar-refractivity contribution in [3.05, 3.63) is 87.8 Å². The van der Waals surface area contributed by atoms with Crippen molar-refractivity contribution in [3.63, 3.8) is 0 Å². The average molecular weight is 376 g/mol. The normalized spacial score (nSPS) is 11.1. The Labute approximate surface area is 159 Å². The van der Waals surface area contributed by atoms with Crippen molar-refractivity contribution in [2.75, 3.05) is 5.43 Å². The molecule has 132 valence electrons. The minimum atomic E-state index is -0.296. The maximum atomic E-state index is 12.6. The molecule has 2 N–H and O–H groups in total. The van der Waals surface area contributed by atoms with E-state index in [-0.39, 0.29) is 11.5 Å². The van der Waals surface area contributed by atoms with Crippen LogP contribution < -0.4 is 11.0 Å². The van der Waals surface area contributed by atoms with E-state index < -0.39 is 0 Å². The highest BCUT2D eigenvalue weighted by Crippen LogP contribution is 2.25. The third-order valence-corrected chi connectivity index (χ3v) is 4.20. The number of hydrazone groups is 1. The first-order valence-corrected chi connectivity index (χ1v) is 8.57. The molecule has 2 aromatic carbocycles. The van der Waals surface area contributed by atoms with E-state index in [1.807, 2.05) is 42.5 Å². The summed E-state index contributed by atoms with van der Waals surface area (Å²) in [6, 6.07) is 18.6. The number of hydrogen-bond donors (Lipinski definition) is 2. The second-order valence-electron chi connectivity index (χ2n) is 5.76. The Hall–Kier alpha value is -3.51. The minimum absolute atomic E-state index is 0.223. The van der Waals surface area contributed by atoms with Gasteiger partial charge in [0.1, 0.15) is 0 Å². The number of nitrogens with one attached hydrogen (secondary N) is 2. The molecule has 6 nitrogen and oxygen atoms in total. The van der Waals surface area contributed by atoms with E-state index in [1.54, 1.807) is 30.6 Å². The number of H-pyrrole nitrogens is 1. The predicted octanol–water partition coefficient (Wildman–Crippen LogP) is 4.08. The van der Waals surface area contributed by atoms with Gasteiger partial charge in [-0.3, -0.25) is 9.78 Å². The molecular formula is C20H14ClN5O. The Kier molecular flexibility index (Phi) is 4.63. The van der Waals surface area contributed by atoms with Gasteiger partial charge in [0.05, 0.1) is 11.6 Å².